The summed E-state index contributed by atoms with van der Waals surface area (Å²) in [7, 11) is 0. The molecule has 1 heterocycles. The topological polar surface area (TPSA) is 109 Å². The second kappa shape index (κ2) is 10.9. The van der Waals surface area contributed by atoms with Crippen LogP contribution in [0.1, 0.15) is 25.2 Å². The van der Waals surface area contributed by atoms with Gasteiger partial charge < -0.3 is 19.5 Å². The molecule has 0 radical (unpaired) electrons. The van der Waals surface area contributed by atoms with Crippen LogP contribution < -0.4 is 5.32 Å². The Morgan fingerprint density at radius 3 is 2.27 bits per heavy atom. The molecule has 0 fully saturated rings. The molecule has 33 heavy (non-hydrogen) atoms. The van der Waals surface area contributed by atoms with E-state index in [1.807, 2.05) is 44.2 Å². The lowest BCUT2D eigenvalue weighted by molar-refractivity contribution is -0.384. The summed E-state index contributed by atoms with van der Waals surface area (Å²) in [5.41, 5.74) is 1.29. The van der Waals surface area contributed by atoms with E-state index in [9.17, 15) is 19.7 Å². The van der Waals surface area contributed by atoms with Crippen molar-refractivity contribution in [2.45, 2.75) is 33.0 Å². The Kier molecular flexibility index (Phi) is 7.80. The van der Waals surface area contributed by atoms with Gasteiger partial charge >= 0.3 is 6.03 Å². The molecule has 0 unspecified atom stereocenters. The molecule has 2 aromatic carbocycles. The van der Waals surface area contributed by atoms with Crippen LogP contribution in [0, 0.1) is 10.1 Å². The molecule has 1 N–H and O–H groups in total. The standard InChI is InChI=1S/C24H26N4O5/c1-18(2)27(24(30)25-20-10-12-21(13-11-20)28(31)32)17-23(29)26(16-22-9-6-14-33-22)15-19-7-4-3-5-8-19/h3-14,18H,15-17H2,1-2H3,(H,25,30). The van der Waals surface area contributed by atoms with Gasteiger partial charge in [0.2, 0.25) is 5.91 Å². The van der Waals surface area contributed by atoms with Crippen LogP contribution in [0.2, 0.25) is 0 Å². The summed E-state index contributed by atoms with van der Waals surface area (Å²) >= 11 is 0. The number of benzene rings is 2. The van der Waals surface area contributed by atoms with Crippen molar-refractivity contribution < 1.29 is 18.9 Å². The molecule has 0 aliphatic heterocycles. The van der Waals surface area contributed by atoms with Crippen molar-refractivity contribution in [2.24, 2.45) is 0 Å². The molecular weight excluding hydrogens is 424 g/mol. The number of urea groups is 1. The Labute approximate surface area is 191 Å². The number of non-ortho nitro benzene ring substituents is 1. The maximum atomic E-state index is 13.3. The molecule has 0 saturated heterocycles. The van der Waals surface area contributed by atoms with Crippen LogP contribution in [0.3, 0.4) is 0 Å². The molecule has 0 atom stereocenters. The zero-order valence-electron chi connectivity index (χ0n) is 18.5. The third-order valence-corrected chi connectivity index (χ3v) is 5.01. The molecule has 172 valence electrons. The smallest absolute Gasteiger partial charge is 0.322 e. The number of anilines is 1. The van der Waals surface area contributed by atoms with Crippen molar-refractivity contribution in [2.75, 3.05) is 11.9 Å². The van der Waals surface area contributed by atoms with Gasteiger partial charge in [0, 0.05) is 30.4 Å². The highest BCUT2D eigenvalue weighted by atomic mass is 16.6. The first kappa shape index (κ1) is 23.5. The van der Waals surface area contributed by atoms with E-state index in [0.717, 1.165) is 5.56 Å². The number of carbonyl (C=O) groups excluding carboxylic acids is 2. The number of furan rings is 1. The first-order chi connectivity index (χ1) is 15.8. The second-order valence-corrected chi connectivity index (χ2v) is 7.77. The van der Waals surface area contributed by atoms with Crippen molar-refractivity contribution in [3.63, 3.8) is 0 Å². The lowest BCUT2D eigenvalue weighted by atomic mass is 10.2. The maximum Gasteiger partial charge on any atom is 0.322 e. The monoisotopic (exact) mass is 450 g/mol. The van der Waals surface area contributed by atoms with Gasteiger partial charge in [-0.1, -0.05) is 30.3 Å². The Morgan fingerprint density at radius 1 is 1.00 bits per heavy atom. The van der Waals surface area contributed by atoms with Crippen LogP contribution in [-0.4, -0.2) is 39.2 Å². The number of hydrogen-bond acceptors (Lipinski definition) is 5. The Hall–Kier alpha value is -4.14. The van der Waals surface area contributed by atoms with E-state index in [4.69, 9.17) is 4.42 Å². The predicted octanol–water partition coefficient (Wildman–Crippen LogP) is 4.66. The number of nitrogens with zero attached hydrogens (tertiary/aromatic N) is 3. The van der Waals surface area contributed by atoms with Gasteiger partial charge in [-0.15, -0.1) is 0 Å². The SMILES string of the molecule is CC(C)N(CC(=O)N(Cc1ccccc1)Cc1ccco1)C(=O)Nc1ccc([N+](=O)[O-])cc1. The van der Waals surface area contributed by atoms with Gasteiger partial charge in [-0.2, -0.15) is 0 Å². The van der Waals surface area contributed by atoms with Crippen LogP contribution in [0.5, 0.6) is 0 Å². The van der Waals surface area contributed by atoms with Crippen molar-refractivity contribution in [3.05, 3.63) is 94.4 Å². The summed E-state index contributed by atoms with van der Waals surface area (Å²) in [5, 5.41) is 13.5. The Balaban J connectivity index is 1.72. The van der Waals surface area contributed by atoms with Crippen molar-refractivity contribution >= 4 is 23.3 Å². The number of nitro benzene ring substituents is 1. The van der Waals surface area contributed by atoms with E-state index in [2.05, 4.69) is 5.32 Å². The highest BCUT2D eigenvalue weighted by Gasteiger charge is 2.24. The fourth-order valence-corrected chi connectivity index (χ4v) is 3.22. The van der Waals surface area contributed by atoms with Gasteiger partial charge in [-0.3, -0.25) is 14.9 Å². The lowest BCUT2D eigenvalue weighted by Crippen LogP contribution is -2.47. The van der Waals surface area contributed by atoms with E-state index in [1.54, 1.807) is 23.3 Å². The molecular formula is C24H26N4O5. The minimum Gasteiger partial charge on any atom is -0.467 e. The number of rotatable bonds is 9. The molecule has 3 rings (SSSR count). The number of carbonyl (C=O) groups is 2. The average Bonchev–Trinajstić information content (AvgIpc) is 3.31. The van der Waals surface area contributed by atoms with E-state index in [0.29, 0.717) is 18.0 Å². The largest absolute Gasteiger partial charge is 0.467 e. The highest BCUT2D eigenvalue weighted by molar-refractivity contribution is 5.92. The summed E-state index contributed by atoms with van der Waals surface area (Å²) < 4.78 is 5.42. The predicted molar refractivity (Wildman–Crippen MR) is 123 cm³/mol. The maximum absolute atomic E-state index is 13.3. The zero-order chi connectivity index (χ0) is 23.8. The van der Waals surface area contributed by atoms with Crippen molar-refractivity contribution in [1.29, 1.82) is 0 Å². The fraction of sp³-hybridized carbons (Fsp3) is 0.250. The number of hydrogen-bond donors (Lipinski definition) is 1. The van der Waals surface area contributed by atoms with Crippen LogP contribution >= 0.6 is 0 Å². The molecule has 0 aliphatic rings. The van der Waals surface area contributed by atoms with Crippen LogP contribution in [0.25, 0.3) is 0 Å². The molecule has 0 spiro atoms. The summed E-state index contributed by atoms with van der Waals surface area (Å²) in [4.78, 5) is 39.5. The lowest BCUT2D eigenvalue weighted by Gasteiger charge is -2.30. The van der Waals surface area contributed by atoms with E-state index in [-0.39, 0.29) is 30.7 Å². The molecule has 3 amide bonds. The van der Waals surface area contributed by atoms with Crippen LogP contribution in [-0.2, 0) is 17.9 Å². The zero-order valence-corrected chi connectivity index (χ0v) is 18.5. The molecule has 0 aliphatic carbocycles. The minimum absolute atomic E-state index is 0.0710. The van der Waals surface area contributed by atoms with Gasteiger partial charge in [0.1, 0.15) is 12.3 Å². The Morgan fingerprint density at radius 2 is 1.70 bits per heavy atom. The third-order valence-electron chi connectivity index (χ3n) is 5.01. The third kappa shape index (κ3) is 6.67. The molecule has 0 bridgehead atoms. The summed E-state index contributed by atoms with van der Waals surface area (Å²) in [6, 6.07) is 18.0. The molecule has 3 aromatic rings. The van der Waals surface area contributed by atoms with Gasteiger partial charge in [-0.25, -0.2) is 4.79 Å². The molecule has 9 nitrogen and oxygen atoms in total. The fourth-order valence-electron chi connectivity index (χ4n) is 3.22. The highest BCUT2D eigenvalue weighted by Crippen LogP contribution is 2.17. The van der Waals surface area contributed by atoms with Crippen LogP contribution in [0.15, 0.2) is 77.4 Å². The second-order valence-electron chi connectivity index (χ2n) is 7.77. The van der Waals surface area contributed by atoms with E-state index in [1.165, 1.54) is 29.2 Å². The number of nitrogens with one attached hydrogen (secondary N) is 1. The first-order valence-corrected chi connectivity index (χ1v) is 10.5. The first-order valence-electron chi connectivity index (χ1n) is 10.5. The van der Waals surface area contributed by atoms with Gasteiger partial charge in [0.25, 0.3) is 5.69 Å². The van der Waals surface area contributed by atoms with Crippen molar-refractivity contribution in [3.8, 4) is 0 Å². The Bertz CT molecular complexity index is 1070. The van der Waals surface area contributed by atoms with E-state index < -0.39 is 11.0 Å². The van der Waals surface area contributed by atoms with Crippen molar-refractivity contribution in [1.82, 2.24) is 9.80 Å². The molecule has 1 aromatic heterocycles. The number of amides is 3. The number of nitro groups is 1. The van der Waals surface area contributed by atoms with Gasteiger partial charge in [0.15, 0.2) is 0 Å². The summed E-state index contributed by atoms with van der Waals surface area (Å²) in [6.07, 6.45) is 1.55. The van der Waals surface area contributed by atoms with Crippen LogP contribution in [0.4, 0.5) is 16.2 Å². The van der Waals surface area contributed by atoms with Gasteiger partial charge in [-0.05, 0) is 43.7 Å². The van der Waals surface area contributed by atoms with Gasteiger partial charge in [0.05, 0.1) is 17.7 Å². The average molecular weight is 450 g/mol. The minimum atomic E-state index is -0.509. The quantitative estimate of drug-likeness (QED) is 0.377. The van der Waals surface area contributed by atoms with E-state index >= 15 is 0 Å². The normalized spacial score (nSPS) is 10.6. The summed E-state index contributed by atoms with van der Waals surface area (Å²) in [6.45, 7) is 4.14. The summed E-state index contributed by atoms with van der Waals surface area (Å²) in [5.74, 6) is 0.411. The molecule has 9 heteroatoms. The molecule has 0 saturated carbocycles.